The summed E-state index contributed by atoms with van der Waals surface area (Å²) in [6, 6.07) is 10.2. The molecule has 0 radical (unpaired) electrons. The number of allylic oxidation sites excluding steroid dienone is 1. The molecule has 3 heteroatoms. The molecule has 1 aromatic carbocycles. The van der Waals surface area contributed by atoms with Crippen molar-refractivity contribution >= 4 is 5.97 Å². The molecule has 6 aliphatic rings. The predicted octanol–water partition coefficient (Wildman–Crippen LogP) is 8.50. The number of fused-ring (bicyclic) bond motifs is 6. The molecular formula is C37H52O3. The maximum absolute atomic E-state index is 14.2. The van der Waals surface area contributed by atoms with E-state index in [1.165, 1.54) is 44.1 Å². The maximum atomic E-state index is 14.2. The Balaban J connectivity index is 1.23. The van der Waals surface area contributed by atoms with Gasteiger partial charge in [0.2, 0.25) is 0 Å². The van der Waals surface area contributed by atoms with E-state index in [2.05, 4.69) is 53.3 Å². The van der Waals surface area contributed by atoms with Gasteiger partial charge in [0.1, 0.15) is 6.61 Å². The molecule has 0 saturated heterocycles. The van der Waals surface area contributed by atoms with Gasteiger partial charge in [0.15, 0.2) is 0 Å². The molecule has 218 valence electrons. The van der Waals surface area contributed by atoms with Gasteiger partial charge in [0, 0.05) is 5.41 Å². The summed E-state index contributed by atoms with van der Waals surface area (Å²) in [6.07, 6.45) is 12.4. The van der Waals surface area contributed by atoms with Gasteiger partial charge in [-0.25, -0.2) is 0 Å². The number of benzene rings is 1. The monoisotopic (exact) mass is 544 g/mol. The van der Waals surface area contributed by atoms with E-state index in [0.29, 0.717) is 41.1 Å². The Morgan fingerprint density at radius 1 is 0.875 bits per heavy atom. The highest BCUT2D eigenvalue weighted by Crippen LogP contribution is 2.87. The van der Waals surface area contributed by atoms with E-state index in [0.717, 1.165) is 37.7 Å². The first-order chi connectivity index (χ1) is 18.9. The Bertz CT molecular complexity index is 1220. The average molecular weight is 545 g/mol. The fourth-order valence-electron chi connectivity index (χ4n) is 13.2. The summed E-state index contributed by atoms with van der Waals surface area (Å²) in [6.45, 7) is 17.4. The van der Waals surface area contributed by atoms with E-state index in [1.54, 1.807) is 0 Å². The van der Waals surface area contributed by atoms with Crippen LogP contribution in [0.1, 0.15) is 111 Å². The molecule has 11 atom stereocenters. The summed E-state index contributed by atoms with van der Waals surface area (Å²) in [4.78, 5) is 14.2. The van der Waals surface area contributed by atoms with Crippen LogP contribution in [0, 0.1) is 56.2 Å². The zero-order chi connectivity index (χ0) is 28.3. The second-order valence-corrected chi connectivity index (χ2v) is 16.5. The number of hydrogen-bond donors (Lipinski definition) is 1. The van der Waals surface area contributed by atoms with Crippen LogP contribution in [0.4, 0.5) is 0 Å². The van der Waals surface area contributed by atoms with Crippen molar-refractivity contribution in [3.63, 3.8) is 0 Å². The lowest BCUT2D eigenvalue weighted by molar-refractivity contribution is -0.240. The summed E-state index contributed by atoms with van der Waals surface area (Å²) in [5.41, 5.74) is 3.23. The summed E-state index contributed by atoms with van der Waals surface area (Å²) in [5, 5.41) is 11.1. The zero-order valence-electron chi connectivity index (χ0n) is 25.7. The minimum atomic E-state index is -0.366. The van der Waals surface area contributed by atoms with Gasteiger partial charge in [-0.05, 0) is 128 Å². The van der Waals surface area contributed by atoms with Crippen LogP contribution in [-0.4, -0.2) is 17.2 Å². The Hall–Kier alpha value is -1.61. The van der Waals surface area contributed by atoms with Gasteiger partial charge in [-0.15, -0.1) is 0 Å². The molecule has 0 heterocycles. The summed E-state index contributed by atoms with van der Waals surface area (Å²) in [7, 11) is 0. The van der Waals surface area contributed by atoms with Gasteiger partial charge in [0.05, 0.1) is 11.5 Å². The van der Waals surface area contributed by atoms with Gasteiger partial charge >= 0.3 is 5.97 Å². The van der Waals surface area contributed by atoms with Gasteiger partial charge in [-0.2, -0.15) is 0 Å². The molecule has 1 unspecified atom stereocenters. The van der Waals surface area contributed by atoms with E-state index in [4.69, 9.17) is 4.74 Å². The van der Waals surface area contributed by atoms with Crippen LogP contribution < -0.4 is 0 Å². The van der Waals surface area contributed by atoms with E-state index in [1.807, 2.05) is 18.2 Å². The van der Waals surface area contributed by atoms with Crippen molar-refractivity contribution in [2.45, 2.75) is 118 Å². The molecule has 6 saturated carbocycles. The zero-order valence-corrected chi connectivity index (χ0v) is 25.7. The second-order valence-electron chi connectivity index (χ2n) is 16.5. The summed E-state index contributed by atoms with van der Waals surface area (Å²) in [5.74, 6) is 2.05. The predicted molar refractivity (Wildman–Crippen MR) is 159 cm³/mol. The molecule has 6 aliphatic carbocycles. The lowest BCUT2D eigenvalue weighted by Crippen LogP contribution is -2.66. The van der Waals surface area contributed by atoms with Gasteiger partial charge < -0.3 is 9.84 Å². The van der Waals surface area contributed by atoms with E-state index < -0.39 is 0 Å². The van der Waals surface area contributed by atoms with Crippen LogP contribution in [0.3, 0.4) is 0 Å². The number of carbonyl (C=O) groups excluding carboxylic acids is 1. The number of aliphatic hydroxyl groups is 1. The van der Waals surface area contributed by atoms with Crippen LogP contribution in [-0.2, 0) is 16.1 Å². The molecule has 1 aromatic rings. The number of ether oxygens (including phenoxy) is 1. The lowest BCUT2D eigenvalue weighted by Gasteiger charge is -2.72. The second kappa shape index (κ2) is 8.48. The highest BCUT2D eigenvalue weighted by Gasteiger charge is 2.82. The first kappa shape index (κ1) is 27.2. The molecule has 6 fully saturated rings. The maximum Gasteiger partial charge on any atom is 0.312 e. The SMILES string of the molecule is C=C(C)[C@@H]1CC[C@]2(C(=O)OCc3ccccc3)CC[C@]3(C)[C@H](CC[C@@H]4[C@@]5(C)CC[C@H](O)C6(C)C[C@]65CC[C@]43C)[C@@H]12. The Morgan fingerprint density at radius 3 is 2.33 bits per heavy atom. The Labute approximate surface area is 242 Å². The van der Waals surface area contributed by atoms with Gasteiger partial charge in [-0.3, -0.25) is 4.79 Å². The Kier molecular flexibility index (Phi) is 5.78. The molecule has 40 heavy (non-hydrogen) atoms. The van der Waals surface area contributed by atoms with Crippen molar-refractivity contribution in [1.29, 1.82) is 0 Å². The minimum Gasteiger partial charge on any atom is -0.460 e. The third-order valence-electron chi connectivity index (χ3n) is 15.7. The molecule has 0 aliphatic heterocycles. The van der Waals surface area contributed by atoms with Crippen LogP contribution in [0.5, 0.6) is 0 Å². The molecular weight excluding hydrogens is 492 g/mol. The number of rotatable bonds is 4. The van der Waals surface area contributed by atoms with E-state index >= 15 is 0 Å². The van der Waals surface area contributed by atoms with Gasteiger partial charge in [-0.1, -0.05) is 70.2 Å². The summed E-state index contributed by atoms with van der Waals surface area (Å²) < 4.78 is 6.18. The smallest absolute Gasteiger partial charge is 0.312 e. The van der Waals surface area contributed by atoms with Crippen LogP contribution in [0.15, 0.2) is 42.5 Å². The van der Waals surface area contributed by atoms with Crippen molar-refractivity contribution < 1.29 is 14.6 Å². The molecule has 1 N–H and O–H groups in total. The largest absolute Gasteiger partial charge is 0.460 e. The van der Waals surface area contributed by atoms with Crippen molar-refractivity contribution in [2.24, 2.45) is 56.2 Å². The standard InChI is InChI=1S/C37H52O3/c1-24(2)26-14-17-36(31(39)40-22-25-10-8-7-9-11-25)20-18-32(3)27(30(26)36)12-13-28-33(32,4)19-21-37-23-35(37,6)29(38)15-16-34(28,37)5/h7-11,26-30,38H,1,12-23H2,2-6H3/t26-,27+,28-,29-,30+,32+,33+,34+,35?,36-,37-/m0/s1. The van der Waals surface area contributed by atoms with Crippen LogP contribution >= 0.6 is 0 Å². The molecule has 7 rings (SSSR count). The fraction of sp³-hybridized carbons (Fsp3) is 0.757. The van der Waals surface area contributed by atoms with Crippen molar-refractivity contribution in [1.82, 2.24) is 0 Å². The minimum absolute atomic E-state index is 0.0593. The van der Waals surface area contributed by atoms with E-state index in [9.17, 15) is 9.90 Å². The first-order valence-corrected chi connectivity index (χ1v) is 16.4. The van der Waals surface area contributed by atoms with Crippen molar-refractivity contribution in [2.75, 3.05) is 0 Å². The molecule has 1 spiro atoms. The van der Waals surface area contributed by atoms with Gasteiger partial charge in [0.25, 0.3) is 0 Å². The number of aliphatic hydroxyl groups excluding tert-OH is 1. The molecule has 0 bridgehead atoms. The lowest BCUT2D eigenvalue weighted by atomic mass is 9.32. The van der Waals surface area contributed by atoms with Crippen LogP contribution in [0.25, 0.3) is 0 Å². The van der Waals surface area contributed by atoms with E-state index in [-0.39, 0.29) is 33.7 Å². The molecule has 0 amide bonds. The first-order valence-electron chi connectivity index (χ1n) is 16.4. The fourth-order valence-corrected chi connectivity index (χ4v) is 13.2. The number of carbonyl (C=O) groups is 1. The number of esters is 1. The number of hydrogen-bond acceptors (Lipinski definition) is 3. The Morgan fingerprint density at radius 2 is 1.60 bits per heavy atom. The third-order valence-corrected chi connectivity index (χ3v) is 15.7. The molecule has 0 aromatic heterocycles. The quantitative estimate of drug-likeness (QED) is 0.305. The molecule has 3 nitrogen and oxygen atoms in total. The highest BCUT2D eigenvalue weighted by atomic mass is 16.5. The summed E-state index contributed by atoms with van der Waals surface area (Å²) >= 11 is 0. The third kappa shape index (κ3) is 3.09. The van der Waals surface area contributed by atoms with Crippen molar-refractivity contribution in [3.05, 3.63) is 48.0 Å². The average Bonchev–Trinajstić information content (AvgIpc) is 3.39. The highest BCUT2D eigenvalue weighted by molar-refractivity contribution is 5.78. The van der Waals surface area contributed by atoms with Crippen molar-refractivity contribution in [3.8, 4) is 0 Å². The topological polar surface area (TPSA) is 46.5 Å². The normalized spacial score (nSPS) is 52.3. The van der Waals surface area contributed by atoms with Crippen LogP contribution in [0.2, 0.25) is 0 Å².